The van der Waals surface area contributed by atoms with Gasteiger partial charge in [-0.3, -0.25) is 0 Å². The highest BCUT2D eigenvalue weighted by Crippen LogP contribution is 2.32. The van der Waals surface area contributed by atoms with E-state index in [2.05, 4.69) is 9.72 Å². The molecule has 0 spiro atoms. The topological polar surface area (TPSA) is 59.4 Å². The van der Waals surface area contributed by atoms with Crippen molar-refractivity contribution in [1.29, 1.82) is 0 Å². The molecule has 0 aromatic carbocycles. The fourth-order valence-electron chi connectivity index (χ4n) is 0.882. The van der Waals surface area contributed by atoms with E-state index < -0.39 is 18.0 Å². The quantitative estimate of drug-likeness (QED) is 0.803. The van der Waals surface area contributed by atoms with E-state index in [4.69, 9.17) is 0 Å². The first-order valence-electron chi connectivity index (χ1n) is 4.11. The molecule has 7 heteroatoms. The zero-order chi connectivity index (χ0) is 11.5. The number of alkyl halides is 2. The Labute approximate surface area is 88.5 Å². The lowest BCUT2D eigenvalue weighted by Gasteiger charge is -2.18. The van der Waals surface area contributed by atoms with Gasteiger partial charge in [-0.2, -0.15) is 8.78 Å². The molecule has 0 aliphatic rings. The molecule has 0 radical (unpaired) electrons. The minimum absolute atomic E-state index is 0.168. The van der Waals surface area contributed by atoms with E-state index in [9.17, 15) is 18.7 Å². The van der Waals surface area contributed by atoms with Gasteiger partial charge in [0.05, 0.1) is 17.8 Å². The lowest BCUT2D eigenvalue weighted by atomic mass is 10.1. The highest BCUT2D eigenvalue weighted by Gasteiger charge is 2.49. The standard InChI is InChI=1S/C8H9F2NO3S/c1-2-14-7(13)8(9,10)6(12)5-3-15-4-11-5/h3-4,6,12H,2H2,1H3. The van der Waals surface area contributed by atoms with Gasteiger partial charge in [-0.1, -0.05) is 0 Å². The Bertz CT molecular complexity index is 329. The molecule has 4 nitrogen and oxygen atoms in total. The lowest BCUT2D eigenvalue weighted by molar-refractivity contribution is -0.189. The van der Waals surface area contributed by atoms with Gasteiger partial charge >= 0.3 is 11.9 Å². The zero-order valence-electron chi connectivity index (χ0n) is 7.81. The maximum absolute atomic E-state index is 13.2. The summed E-state index contributed by atoms with van der Waals surface area (Å²) >= 11 is 1.05. The summed E-state index contributed by atoms with van der Waals surface area (Å²) in [5, 5.41) is 10.5. The highest BCUT2D eigenvalue weighted by molar-refractivity contribution is 7.07. The van der Waals surface area contributed by atoms with Crippen LogP contribution in [0.25, 0.3) is 0 Å². The number of aliphatic hydroxyl groups excluding tert-OH is 1. The summed E-state index contributed by atoms with van der Waals surface area (Å²) in [6.07, 6.45) is -2.26. The summed E-state index contributed by atoms with van der Waals surface area (Å²) in [6, 6.07) is 0. The van der Waals surface area contributed by atoms with E-state index >= 15 is 0 Å². The van der Waals surface area contributed by atoms with Gasteiger partial charge in [0, 0.05) is 5.38 Å². The van der Waals surface area contributed by atoms with Crippen molar-refractivity contribution in [2.75, 3.05) is 6.61 Å². The van der Waals surface area contributed by atoms with E-state index in [-0.39, 0.29) is 12.3 Å². The maximum Gasteiger partial charge on any atom is 0.380 e. The average molecular weight is 237 g/mol. The van der Waals surface area contributed by atoms with Crippen LogP contribution in [0.2, 0.25) is 0 Å². The van der Waals surface area contributed by atoms with Gasteiger partial charge in [-0.25, -0.2) is 9.78 Å². The zero-order valence-corrected chi connectivity index (χ0v) is 8.63. The number of hydrogen-bond donors (Lipinski definition) is 1. The smallest absolute Gasteiger partial charge is 0.380 e. The number of esters is 1. The molecule has 15 heavy (non-hydrogen) atoms. The van der Waals surface area contributed by atoms with Crippen LogP contribution in [0.15, 0.2) is 10.9 Å². The first kappa shape index (κ1) is 12.0. The molecule has 1 rings (SSSR count). The summed E-state index contributed by atoms with van der Waals surface area (Å²) < 4.78 is 30.6. The van der Waals surface area contributed by atoms with E-state index in [1.165, 1.54) is 17.8 Å². The molecule has 1 N–H and O–H groups in total. The monoisotopic (exact) mass is 237 g/mol. The van der Waals surface area contributed by atoms with Crippen molar-refractivity contribution in [3.8, 4) is 0 Å². The first-order valence-corrected chi connectivity index (χ1v) is 5.05. The Morgan fingerprint density at radius 1 is 1.80 bits per heavy atom. The van der Waals surface area contributed by atoms with Crippen LogP contribution in [0.3, 0.4) is 0 Å². The molecule has 1 aromatic heterocycles. The Morgan fingerprint density at radius 2 is 2.47 bits per heavy atom. The predicted octanol–water partition coefficient (Wildman–Crippen LogP) is 1.37. The van der Waals surface area contributed by atoms with E-state index in [1.807, 2.05) is 0 Å². The van der Waals surface area contributed by atoms with Gasteiger partial charge in [0.25, 0.3) is 0 Å². The van der Waals surface area contributed by atoms with E-state index in [0.29, 0.717) is 0 Å². The third-order valence-corrected chi connectivity index (χ3v) is 2.23. The maximum atomic E-state index is 13.2. The van der Waals surface area contributed by atoms with Crippen LogP contribution in [-0.4, -0.2) is 28.6 Å². The number of hydrogen-bond acceptors (Lipinski definition) is 5. The number of carbonyl (C=O) groups is 1. The minimum Gasteiger partial charge on any atom is -0.461 e. The van der Waals surface area contributed by atoms with Crippen LogP contribution >= 0.6 is 11.3 Å². The average Bonchev–Trinajstić information content (AvgIpc) is 2.69. The number of aliphatic hydroxyl groups is 1. The normalized spacial score (nSPS) is 13.6. The van der Waals surface area contributed by atoms with Crippen molar-refractivity contribution in [3.63, 3.8) is 0 Å². The predicted molar refractivity (Wildman–Crippen MR) is 48.7 cm³/mol. The molecule has 0 saturated heterocycles. The Morgan fingerprint density at radius 3 is 2.93 bits per heavy atom. The van der Waals surface area contributed by atoms with E-state index in [1.54, 1.807) is 0 Å². The summed E-state index contributed by atoms with van der Waals surface area (Å²) in [4.78, 5) is 14.4. The molecular formula is C8H9F2NO3S. The van der Waals surface area contributed by atoms with Gasteiger partial charge < -0.3 is 9.84 Å². The van der Waals surface area contributed by atoms with Crippen molar-refractivity contribution < 1.29 is 23.4 Å². The number of ether oxygens (including phenoxy) is 1. The number of nitrogens with zero attached hydrogens (tertiary/aromatic N) is 1. The van der Waals surface area contributed by atoms with Crippen LogP contribution in [0.1, 0.15) is 18.7 Å². The molecule has 0 amide bonds. The molecule has 84 valence electrons. The van der Waals surface area contributed by atoms with Crippen molar-refractivity contribution in [3.05, 3.63) is 16.6 Å². The van der Waals surface area contributed by atoms with Crippen LogP contribution < -0.4 is 0 Å². The molecule has 1 heterocycles. The Kier molecular flexibility index (Phi) is 3.70. The number of halogens is 2. The second-order valence-electron chi connectivity index (χ2n) is 2.66. The van der Waals surface area contributed by atoms with Gasteiger partial charge in [0.2, 0.25) is 0 Å². The molecule has 0 saturated carbocycles. The van der Waals surface area contributed by atoms with Crippen LogP contribution in [-0.2, 0) is 9.53 Å². The van der Waals surface area contributed by atoms with Gasteiger partial charge in [0.15, 0.2) is 6.10 Å². The molecule has 1 atom stereocenters. The molecule has 0 aliphatic heterocycles. The van der Waals surface area contributed by atoms with Crippen LogP contribution in [0.5, 0.6) is 0 Å². The van der Waals surface area contributed by atoms with Gasteiger partial charge in [-0.15, -0.1) is 11.3 Å². The van der Waals surface area contributed by atoms with Gasteiger partial charge in [0.1, 0.15) is 0 Å². The number of rotatable bonds is 4. The third-order valence-electron chi connectivity index (χ3n) is 1.62. The second kappa shape index (κ2) is 4.63. The number of carbonyl (C=O) groups excluding carboxylic acids is 1. The van der Waals surface area contributed by atoms with Gasteiger partial charge in [-0.05, 0) is 6.92 Å². The summed E-state index contributed by atoms with van der Waals surface area (Å²) in [6.45, 7) is 1.24. The number of thiazole rings is 1. The first-order chi connectivity index (χ1) is 7.00. The third kappa shape index (κ3) is 2.48. The Hall–Kier alpha value is -1.08. The molecule has 1 unspecified atom stereocenters. The molecule has 0 fully saturated rings. The summed E-state index contributed by atoms with van der Waals surface area (Å²) in [5.74, 6) is -5.71. The van der Waals surface area contributed by atoms with Crippen LogP contribution in [0.4, 0.5) is 8.78 Å². The Balaban J connectivity index is 2.81. The molecule has 1 aromatic rings. The summed E-state index contributed by atoms with van der Waals surface area (Å²) in [7, 11) is 0. The van der Waals surface area contributed by atoms with E-state index in [0.717, 1.165) is 11.3 Å². The molecular weight excluding hydrogens is 228 g/mol. The van der Waals surface area contributed by atoms with Crippen molar-refractivity contribution in [2.24, 2.45) is 0 Å². The highest BCUT2D eigenvalue weighted by atomic mass is 32.1. The fraction of sp³-hybridized carbons (Fsp3) is 0.500. The van der Waals surface area contributed by atoms with Crippen LogP contribution in [0, 0.1) is 0 Å². The molecule has 0 aliphatic carbocycles. The van der Waals surface area contributed by atoms with Crippen molar-refractivity contribution in [1.82, 2.24) is 4.98 Å². The second-order valence-corrected chi connectivity index (χ2v) is 3.38. The minimum atomic E-state index is -3.97. The molecule has 0 bridgehead atoms. The van der Waals surface area contributed by atoms with Crippen molar-refractivity contribution in [2.45, 2.75) is 19.0 Å². The summed E-state index contributed by atoms with van der Waals surface area (Å²) in [5.41, 5.74) is 1.05. The number of aromatic nitrogens is 1. The SMILES string of the molecule is CCOC(=O)C(F)(F)C(O)c1cscn1. The van der Waals surface area contributed by atoms with Crippen molar-refractivity contribution >= 4 is 17.3 Å². The largest absolute Gasteiger partial charge is 0.461 e. The fourth-order valence-corrected chi connectivity index (χ4v) is 1.45. The lowest BCUT2D eigenvalue weighted by Crippen LogP contribution is -2.37.